The number of halogens is 3. The first kappa shape index (κ1) is 22.4. The predicted octanol–water partition coefficient (Wildman–Crippen LogP) is 1.16. The Morgan fingerprint density at radius 3 is 2.53 bits per heavy atom. The average molecular weight is 431 g/mol. The van der Waals surface area contributed by atoms with Crippen LogP contribution in [0.1, 0.15) is 12.0 Å². The minimum absolute atomic E-state index is 0.0111. The van der Waals surface area contributed by atoms with Gasteiger partial charge in [0.2, 0.25) is 5.91 Å². The van der Waals surface area contributed by atoms with Gasteiger partial charge in [-0.25, -0.2) is 4.79 Å². The van der Waals surface area contributed by atoms with E-state index in [2.05, 4.69) is 16.0 Å². The predicted molar refractivity (Wildman–Crippen MR) is 97.4 cm³/mol. The molecule has 8 nitrogen and oxygen atoms in total. The molecule has 3 aliphatic heterocycles. The van der Waals surface area contributed by atoms with E-state index in [1.54, 1.807) is 6.20 Å². The molecule has 1 aromatic heterocycles. The topological polar surface area (TPSA) is 92.2 Å². The Labute approximate surface area is 171 Å². The maximum absolute atomic E-state index is 12.8. The van der Waals surface area contributed by atoms with E-state index in [9.17, 15) is 18.0 Å². The molecular weight excluding hydrogens is 407 g/mol. The molecule has 1 N–H and O–H groups in total. The number of likely N-dealkylation sites (tertiary alicyclic amines) is 1. The molecule has 0 saturated carbocycles. The minimum atomic E-state index is -5.08. The summed E-state index contributed by atoms with van der Waals surface area (Å²) in [6.45, 7) is 5.34. The molecule has 11 heteroatoms. The number of fused-ring (bicyclic) bond motifs is 2. The van der Waals surface area contributed by atoms with Crippen LogP contribution in [0.15, 0.2) is 24.5 Å². The highest BCUT2D eigenvalue weighted by molar-refractivity contribution is 5.80. The maximum Gasteiger partial charge on any atom is 0.490 e. The summed E-state index contributed by atoms with van der Waals surface area (Å²) in [4.78, 5) is 30.2. The van der Waals surface area contributed by atoms with Gasteiger partial charge in [-0.2, -0.15) is 13.2 Å². The number of carboxylic acid groups (broad SMARTS) is 1. The van der Waals surface area contributed by atoms with E-state index in [0.717, 1.165) is 26.1 Å². The van der Waals surface area contributed by atoms with Gasteiger partial charge in [0.05, 0.1) is 31.3 Å². The lowest BCUT2D eigenvalue weighted by molar-refractivity contribution is -0.192. The number of hydrogen-bond acceptors (Lipinski definition) is 6. The van der Waals surface area contributed by atoms with Gasteiger partial charge in [0.15, 0.2) is 0 Å². The molecule has 0 radical (unpaired) electrons. The van der Waals surface area contributed by atoms with Crippen LogP contribution in [0.5, 0.6) is 0 Å². The standard InChI is InChI=1S/C17H23N3O3.C2HF3O2/c21-17(20-4-6-22-7-5-20)15-8-14-11-19(12-16(15)23-14)10-13-2-1-3-18-9-13;3-2(4,5)1(6)7/h1-3,9,14-16H,4-8,10-12H2;(H,6,7)/t14-,15+,16-;/m1./s1. The number of pyridine rings is 1. The summed E-state index contributed by atoms with van der Waals surface area (Å²) in [5.74, 6) is -2.49. The van der Waals surface area contributed by atoms with Crippen molar-refractivity contribution in [2.24, 2.45) is 5.92 Å². The van der Waals surface area contributed by atoms with E-state index in [1.807, 2.05) is 17.2 Å². The normalized spacial score (nSPS) is 26.6. The van der Waals surface area contributed by atoms with Crippen LogP contribution in [0.3, 0.4) is 0 Å². The molecule has 0 spiro atoms. The van der Waals surface area contributed by atoms with Gasteiger partial charge < -0.3 is 19.5 Å². The van der Waals surface area contributed by atoms with Crippen molar-refractivity contribution in [3.63, 3.8) is 0 Å². The molecule has 0 unspecified atom stereocenters. The summed E-state index contributed by atoms with van der Waals surface area (Å²) in [7, 11) is 0. The second-order valence-electron chi connectivity index (χ2n) is 7.43. The number of carbonyl (C=O) groups is 2. The SMILES string of the molecule is O=C(O)C(F)(F)F.O=C([C@H]1C[C@@H]2CN(Cc3cccnc3)C[C@H]1O2)N1CCOCC1. The first-order valence-corrected chi connectivity index (χ1v) is 9.67. The number of carbonyl (C=O) groups excluding carboxylic acids is 1. The number of aliphatic carboxylic acids is 1. The van der Waals surface area contributed by atoms with Gasteiger partial charge in [0.25, 0.3) is 0 Å². The van der Waals surface area contributed by atoms with Crippen molar-refractivity contribution >= 4 is 11.9 Å². The number of morpholine rings is 2. The van der Waals surface area contributed by atoms with Crippen LogP contribution in [0, 0.1) is 5.92 Å². The molecule has 3 fully saturated rings. The molecule has 30 heavy (non-hydrogen) atoms. The Morgan fingerprint density at radius 2 is 1.93 bits per heavy atom. The maximum atomic E-state index is 12.8. The summed E-state index contributed by atoms with van der Waals surface area (Å²) in [6, 6.07) is 4.07. The fraction of sp³-hybridized carbons (Fsp3) is 0.632. The van der Waals surface area contributed by atoms with Gasteiger partial charge >= 0.3 is 12.1 Å². The van der Waals surface area contributed by atoms with Gasteiger partial charge in [0, 0.05) is 45.1 Å². The number of carboxylic acids is 1. The van der Waals surface area contributed by atoms with E-state index in [-0.39, 0.29) is 24.0 Å². The molecule has 166 valence electrons. The van der Waals surface area contributed by atoms with E-state index in [1.165, 1.54) is 5.56 Å². The van der Waals surface area contributed by atoms with Crippen molar-refractivity contribution in [1.29, 1.82) is 0 Å². The number of ether oxygens (including phenoxy) is 2. The summed E-state index contributed by atoms with van der Waals surface area (Å²) in [5, 5.41) is 7.12. The number of aromatic nitrogens is 1. The summed E-state index contributed by atoms with van der Waals surface area (Å²) in [6.07, 6.45) is -0.317. The zero-order chi connectivity index (χ0) is 21.7. The van der Waals surface area contributed by atoms with Crippen LogP contribution < -0.4 is 0 Å². The van der Waals surface area contributed by atoms with Gasteiger partial charge in [-0.3, -0.25) is 14.7 Å². The van der Waals surface area contributed by atoms with E-state index in [4.69, 9.17) is 19.4 Å². The van der Waals surface area contributed by atoms with Crippen molar-refractivity contribution in [1.82, 2.24) is 14.8 Å². The monoisotopic (exact) mass is 431 g/mol. The third-order valence-corrected chi connectivity index (χ3v) is 5.24. The van der Waals surface area contributed by atoms with E-state index >= 15 is 0 Å². The summed E-state index contributed by atoms with van der Waals surface area (Å²) >= 11 is 0. The minimum Gasteiger partial charge on any atom is -0.475 e. The summed E-state index contributed by atoms with van der Waals surface area (Å²) in [5.41, 5.74) is 1.21. The first-order valence-electron chi connectivity index (χ1n) is 9.67. The lowest BCUT2D eigenvalue weighted by atomic mass is 9.98. The largest absolute Gasteiger partial charge is 0.490 e. The highest BCUT2D eigenvalue weighted by atomic mass is 19.4. The molecule has 1 aromatic rings. The fourth-order valence-electron chi connectivity index (χ4n) is 3.89. The second-order valence-corrected chi connectivity index (χ2v) is 7.43. The Hall–Kier alpha value is -2.24. The van der Waals surface area contributed by atoms with Gasteiger partial charge in [0.1, 0.15) is 0 Å². The number of amides is 1. The molecule has 3 aliphatic rings. The quantitative estimate of drug-likeness (QED) is 0.768. The molecule has 3 saturated heterocycles. The van der Waals surface area contributed by atoms with Crippen molar-refractivity contribution in [2.75, 3.05) is 39.4 Å². The lowest BCUT2D eigenvalue weighted by Gasteiger charge is -2.34. The molecule has 4 rings (SSSR count). The van der Waals surface area contributed by atoms with Crippen molar-refractivity contribution in [3.05, 3.63) is 30.1 Å². The molecule has 3 atom stereocenters. The van der Waals surface area contributed by atoms with E-state index < -0.39 is 12.1 Å². The van der Waals surface area contributed by atoms with Crippen LogP contribution in [0.2, 0.25) is 0 Å². The van der Waals surface area contributed by atoms with Crippen LogP contribution in [-0.4, -0.2) is 89.5 Å². The zero-order valence-electron chi connectivity index (χ0n) is 16.3. The van der Waals surface area contributed by atoms with Gasteiger partial charge in [-0.1, -0.05) is 6.07 Å². The Morgan fingerprint density at radius 1 is 1.23 bits per heavy atom. The van der Waals surface area contributed by atoms with Crippen LogP contribution in [0.25, 0.3) is 0 Å². The highest BCUT2D eigenvalue weighted by Crippen LogP contribution is 2.33. The van der Waals surface area contributed by atoms with Crippen molar-refractivity contribution in [3.8, 4) is 0 Å². The van der Waals surface area contributed by atoms with Crippen molar-refractivity contribution in [2.45, 2.75) is 31.3 Å². The molecule has 0 aromatic carbocycles. The summed E-state index contributed by atoms with van der Waals surface area (Å²) < 4.78 is 43.1. The van der Waals surface area contributed by atoms with Crippen LogP contribution in [0.4, 0.5) is 13.2 Å². The lowest BCUT2D eigenvalue weighted by Crippen LogP contribution is -2.48. The van der Waals surface area contributed by atoms with E-state index in [0.29, 0.717) is 26.3 Å². The number of hydrogen-bond donors (Lipinski definition) is 1. The Balaban J connectivity index is 0.000000318. The molecular formula is C19H24F3N3O5. The number of nitrogens with zero attached hydrogens (tertiary/aromatic N) is 3. The van der Waals surface area contributed by atoms with Crippen LogP contribution in [-0.2, 0) is 25.6 Å². The molecule has 2 bridgehead atoms. The first-order chi connectivity index (χ1) is 14.2. The van der Waals surface area contributed by atoms with Gasteiger partial charge in [-0.05, 0) is 18.1 Å². The average Bonchev–Trinajstić information content (AvgIpc) is 3.02. The molecule has 0 aliphatic carbocycles. The van der Waals surface area contributed by atoms with Crippen LogP contribution >= 0.6 is 0 Å². The second kappa shape index (κ2) is 9.71. The number of rotatable bonds is 3. The zero-order valence-corrected chi connectivity index (χ0v) is 16.3. The Kier molecular flexibility index (Phi) is 7.27. The fourth-order valence-corrected chi connectivity index (χ4v) is 3.89. The third kappa shape index (κ3) is 5.89. The molecule has 1 amide bonds. The van der Waals surface area contributed by atoms with Gasteiger partial charge in [-0.15, -0.1) is 0 Å². The highest BCUT2D eigenvalue weighted by Gasteiger charge is 2.45. The smallest absolute Gasteiger partial charge is 0.475 e. The Bertz CT molecular complexity index is 728. The molecule has 4 heterocycles. The number of alkyl halides is 3. The third-order valence-electron chi connectivity index (χ3n) is 5.24. The van der Waals surface area contributed by atoms with Crippen molar-refractivity contribution < 1.29 is 37.3 Å².